The van der Waals surface area contributed by atoms with E-state index in [2.05, 4.69) is 5.92 Å². The molecule has 1 N–H and O–H groups in total. The smallest absolute Gasteiger partial charge is 0.123 e. The molecule has 2 nitrogen and oxygen atoms in total. The number of hydrogen-bond acceptors (Lipinski definition) is 2. The van der Waals surface area contributed by atoms with Crippen molar-refractivity contribution in [3.63, 3.8) is 0 Å². The average molecular weight is 212 g/mol. The summed E-state index contributed by atoms with van der Waals surface area (Å²) in [7, 11) is 0. The molecule has 2 aromatic rings. The highest BCUT2D eigenvalue weighted by Gasteiger charge is 2.14. The quantitative estimate of drug-likeness (QED) is 0.793. The Labute approximate surface area is 94.5 Å². The largest absolute Gasteiger partial charge is 0.467 e. The van der Waals surface area contributed by atoms with Crippen LogP contribution < -0.4 is 0 Å². The maximum Gasteiger partial charge on any atom is 0.123 e. The van der Waals surface area contributed by atoms with Crippen LogP contribution in [0.2, 0.25) is 0 Å². The minimum Gasteiger partial charge on any atom is -0.467 e. The van der Waals surface area contributed by atoms with Crippen molar-refractivity contribution < 1.29 is 9.52 Å². The lowest BCUT2D eigenvalue weighted by Crippen LogP contribution is -1.95. The van der Waals surface area contributed by atoms with Crippen LogP contribution in [0.15, 0.2) is 47.1 Å². The van der Waals surface area contributed by atoms with Crippen molar-refractivity contribution in [2.75, 3.05) is 0 Å². The van der Waals surface area contributed by atoms with Crippen LogP contribution in [0, 0.1) is 12.3 Å². The molecule has 0 saturated carbocycles. The van der Waals surface area contributed by atoms with Gasteiger partial charge in [0.2, 0.25) is 0 Å². The summed E-state index contributed by atoms with van der Waals surface area (Å²) in [6.45, 7) is -0.0322. The van der Waals surface area contributed by atoms with Gasteiger partial charge in [0.05, 0.1) is 12.9 Å². The molecule has 0 aliphatic rings. The highest BCUT2D eigenvalue weighted by atomic mass is 16.3. The van der Waals surface area contributed by atoms with Gasteiger partial charge >= 0.3 is 0 Å². The van der Waals surface area contributed by atoms with Crippen LogP contribution in [0.5, 0.6) is 0 Å². The molecule has 1 atom stereocenters. The molecule has 0 spiro atoms. The molecule has 0 bridgehead atoms. The van der Waals surface area contributed by atoms with Crippen LogP contribution in [0.3, 0.4) is 0 Å². The van der Waals surface area contributed by atoms with Crippen LogP contribution in [0.25, 0.3) is 0 Å². The molecule has 0 aliphatic heterocycles. The molecule has 0 amide bonds. The molecular formula is C14H12O2. The van der Waals surface area contributed by atoms with Gasteiger partial charge in [-0.3, -0.25) is 0 Å². The Morgan fingerprint density at radius 2 is 2.06 bits per heavy atom. The SMILES string of the molecule is C#CC(c1ccccc1)c1cc(CO)co1. The van der Waals surface area contributed by atoms with E-state index in [1.807, 2.05) is 30.3 Å². The first-order valence-corrected chi connectivity index (χ1v) is 5.04. The summed E-state index contributed by atoms with van der Waals surface area (Å²) in [5, 5.41) is 8.96. The van der Waals surface area contributed by atoms with Gasteiger partial charge in [0.25, 0.3) is 0 Å². The van der Waals surface area contributed by atoms with Gasteiger partial charge < -0.3 is 9.52 Å². The molecule has 1 aromatic carbocycles. The van der Waals surface area contributed by atoms with E-state index in [0.29, 0.717) is 5.76 Å². The molecule has 16 heavy (non-hydrogen) atoms. The molecule has 0 saturated heterocycles. The van der Waals surface area contributed by atoms with Crippen molar-refractivity contribution in [1.29, 1.82) is 0 Å². The van der Waals surface area contributed by atoms with Crippen LogP contribution in [-0.4, -0.2) is 5.11 Å². The Hall–Kier alpha value is -1.98. The van der Waals surface area contributed by atoms with Crippen LogP contribution in [-0.2, 0) is 6.61 Å². The molecule has 80 valence electrons. The highest BCUT2D eigenvalue weighted by molar-refractivity contribution is 5.35. The van der Waals surface area contributed by atoms with E-state index in [9.17, 15) is 0 Å². The number of benzene rings is 1. The maximum absolute atomic E-state index is 8.96. The first kappa shape index (κ1) is 10.5. The number of furan rings is 1. The molecule has 1 heterocycles. The van der Waals surface area contributed by atoms with E-state index in [1.54, 1.807) is 6.07 Å². The second-order valence-electron chi connectivity index (χ2n) is 3.53. The van der Waals surface area contributed by atoms with Gasteiger partial charge in [0.1, 0.15) is 11.7 Å². The fourth-order valence-electron chi connectivity index (χ4n) is 1.62. The van der Waals surface area contributed by atoms with Crippen LogP contribution in [0.1, 0.15) is 22.8 Å². The lowest BCUT2D eigenvalue weighted by Gasteiger charge is -2.07. The Kier molecular flexibility index (Phi) is 3.09. The molecular weight excluding hydrogens is 200 g/mol. The minimum absolute atomic E-state index is 0.0322. The Morgan fingerprint density at radius 1 is 1.31 bits per heavy atom. The van der Waals surface area contributed by atoms with Crippen molar-refractivity contribution in [1.82, 2.24) is 0 Å². The third kappa shape index (κ3) is 2.00. The summed E-state index contributed by atoms with van der Waals surface area (Å²) in [6, 6.07) is 11.5. The van der Waals surface area contributed by atoms with Crippen molar-refractivity contribution in [2.24, 2.45) is 0 Å². The van der Waals surface area contributed by atoms with Crippen LogP contribution in [0.4, 0.5) is 0 Å². The third-order valence-corrected chi connectivity index (χ3v) is 2.44. The van der Waals surface area contributed by atoms with E-state index in [4.69, 9.17) is 15.9 Å². The molecule has 0 aliphatic carbocycles. The summed E-state index contributed by atoms with van der Waals surface area (Å²) >= 11 is 0. The Bertz CT molecular complexity index is 491. The van der Waals surface area contributed by atoms with Gasteiger partial charge in [0.15, 0.2) is 0 Å². The van der Waals surface area contributed by atoms with E-state index in [-0.39, 0.29) is 12.5 Å². The van der Waals surface area contributed by atoms with Gasteiger partial charge in [-0.05, 0) is 11.6 Å². The first-order chi connectivity index (χ1) is 7.85. The van der Waals surface area contributed by atoms with Crippen molar-refractivity contribution in [2.45, 2.75) is 12.5 Å². The highest BCUT2D eigenvalue weighted by Crippen LogP contribution is 2.25. The summed E-state index contributed by atoms with van der Waals surface area (Å²) < 4.78 is 5.36. The van der Waals surface area contributed by atoms with Gasteiger partial charge in [-0.15, -0.1) is 6.42 Å². The number of aliphatic hydroxyl groups excluding tert-OH is 1. The second kappa shape index (κ2) is 4.69. The van der Waals surface area contributed by atoms with Crippen molar-refractivity contribution in [3.8, 4) is 12.3 Å². The molecule has 1 unspecified atom stereocenters. The second-order valence-corrected chi connectivity index (χ2v) is 3.53. The normalized spacial score (nSPS) is 12.0. The third-order valence-electron chi connectivity index (χ3n) is 2.44. The molecule has 1 aromatic heterocycles. The van der Waals surface area contributed by atoms with E-state index in [0.717, 1.165) is 11.1 Å². The average Bonchev–Trinajstić information content (AvgIpc) is 2.80. The van der Waals surface area contributed by atoms with Crippen LogP contribution >= 0.6 is 0 Å². The molecule has 2 rings (SSSR count). The molecule has 2 heteroatoms. The van der Waals surface area contributed by atoms with Gasteiger partial charge in [-0.1, -0.05) is 36.3 Å². The lowest BCUT2D eigenvalue weighted by molar-refractivity contribution is 0.280. The number of aliphatic hydroxyl groups is 1. The summed E-state index contributed by atoms with van der Waals surface area (Å²) in [4.78, 5) is 0. The summed E-state index contributed by atoms with van der Waals surface area (Å²) in [5.41, 5.74) is 1.76. The van der Waals surface area contributed by atoms with Gasteiger partial charge in [0, 0.05) is 5.56 Å². The topological polar surface area (TPSA) is 33.4 Å². The number of hydrogen-bond donors (Lipinski definition) is 1. The van der Waals surface area contributed by atoms with Gasteiger partial charge in [-0.2, -0.15) is 0 Å². The van der Waals surface area contributed by atoms with Gasteiger partial charge in [-0.25, -0.2) is 0 Å². The standard InChI is InChI=1S/C14H12O2/c1-2-13(12-6-4-3-5-7-12)14-8-11(9-15)10-16-14/h1,3-8,10,13,15H,9H2. The number of rotatable bonds is 3. The zero-order chi connectivity index (χ0) is 11.4. The van der Waals surface area contributed by atoms with E-state index >= 15 is 0 Å². The maximum atomic E-state index is 8.96. The monoisotopic (exact) mass is 212 g/mol. The zero-order valence-electron chi connectivity index (χ0n) is 8.76. The Balaban J connectivity index is 2.34. The summed E-state index contributed by atoms with van der Waals surface area (Å²) in [6.07, 6.45) is 7.05. The Morgan fingerprint density at radius 3 is 2.62 bits per heavy atom. The lowest BCUT2D eigenvalue weighted by atomic mass is 9.97. The number of terminal acetylenes is 1. The summed E-state index contributed by atoms with van der Waals surface area (Å²) in [5.74, 6) is 3.20. The van der Waals surface area contributed by atoms with Crippen molar-refractivity contribution >= 4 is 0 Å². The fourth-order valence-corrected chi connectivity index (χ4v) is 1.62. The first-order valence-electron chi connectivity index (χ1n) is 5.04. The predicted octanol–water partition coefficient (Wildman–Crippen LogP) is 2.54. The van der Waals surface area contributed by atoms with Crippen molar-refractivity contribution in [3.05, 3.63) is 59.5 Å². The fraction of sp³-hybridized carbons (Fsp3) is 0.143. The molecule has 0 radical (unpaired) electrons. The zero-order valence-corrected chi connectivity index (χ0v) is 8.76. The predicted molar refractivity (Wildman–Crippen MR) is 61.7 cm³/mol. The van der Waals surface area contributed by atoms with E-state index < -0.39 is 0 Å². The van der Waals surface area contributed by atoms with E-state index in [1.165, 1.54) is 6.26 Å². The minimum atomic E-state index is -0.193. The molecule has 0 fully saturated rings.